The molecule has 1 saturated carbocycles. The van der Waals surface area contributed by atoms with Crippen LogP contribution >= 0.6 is 0 Å². The monoisotopic (exact) mass is 290 g/mol. The summed E-state index contributed by atoms with van der Waals surface area (Å²) in [6.07, 6.45) is 2.51. The lowest BCUT2D eigenvalue weighted by Crippen LogP contribution is -2.38. The molecular weight excluding hydrogens is 272 g/mol. The number of rotatable bonds is 4. The largest absolute Gasteiger partial charge is 0.481 e. The first-order valence-corrected chi connectivity index (χ1v) is 6.91. The number of benzene rings is 1. The van der Waals surface area contributed by atoms with Gasteiger partial charge in [0.05, 0.1) is 5.92 Å². The first-order chi connectivity index (χ1) is 9.97. The van der Waals surface area contributed by atoms with Crippen LogP contribution in [0.25, 0.3) is 0 Å². The summed E-state index contributed by atoms with van der Waals surface area (Å²) in [5.41, 5.74) is 5.95. The highest BCUT2D eigenvalue weighted by Gasteiger charge is 2.26. The van der Waals surface area contributed by atoms with E-state index in [-0.39, 0.29) is 17.9 Å². The minimum Gasteiger partial charge on any atom is -0.481 e. The molecule has 0 bridgehead atoms. The molecule has 1 fully saturated rings. The number of aliphatic carboxylic acids is 1. The molecule has 1 aromatic rings. The molecule has 2 amide bonds. The fourth-order valence-corrected chi connectivity index (χ4v) is 2.54. The van der Waals surface area contributed by atoms with Crippen molar-refractivity contribution in [1.82, 2.24) is 5.32 Å². The summed E-state index contributed by atoms with van der Waals surface area (Å²) >= 11 is 0. The molecule has 0 spiro atoms. The lowest BCUT2D eigenvalue weighted by Gasteiger charge is -2.26. The average molecular weight is 290 g/mol. The van der Waals surface area contributed by atoms with Crippen LogP contribution in [-0.4, -0.2) is 28.9 Å². The van der Waals surface area contributed by atoms with Crippen LogP contribution in [0.2, 0.25) is 0 Å². The smallest absolute Gasteiger partial charge is 0.306 e. The summed E-state index contributed by atoms with van der Waals surface area (Å²) in [4.78, 5) is 33.9. The summed E-state index contributed by atoms with van der Waals surface area (Å²) in [5, 5.41) is 11.8. The van der Waals surface area contributed by atoms with Gasteiger partial charge in [-0.1, -0.05) is 0 Å². The Labute approximate surface area is 122 Å². The van der Waals surface area contributed by atoms with E-state index in [1.807, 2.05) is 0 Å². The number of primary amides is 1. The van der Waals surface area contributed by atoms with Gasteiger partial charge in [0.15, 0.2) is 0 Å². The minimum absolute atomic E-state index is 0.00363. The Morgan fingerprint density at radius 1 is 1.00 bits per heavy atom. The number of hydrogen-bond acceptors (Lipinski definition) is 3. The molecule has 0 unspecified atom stereocenters. The third kappa shape index (κ3) is 3.81. The lowest BCUT2D eigenvalue weighted by molar-refractivity contribution is -0.142. The van der Waals surface area contributed by atoms with Gasteiger partial charge < -0.3 is 16.2 Å². The molecule has 0 atom stereocenters. The molecule has 6 nitrogen and oxygen atoms in total. The van der Waals surface area contributed by atoms with Crippen molar-refractivity contribution in [3.8, 4) is 0 Å². The van der Waals surface area contributed by atoms with Crippen LogP contribution in [-0.2, 0) is 4.79 Å². The van der Waals surface area contributed by atoms with Crippen molar-refractivity contribution in [1.29, 1.82) is 0 Å². The molecule has 1 aliphatic rings. The minimum atomic E-state index is -0.762. The predicted octanol–water partition coefficient (Wildman–Crippen LogP) is 1.16. The van der Waals surface area contributed by atoms with E-state index < -0.39 is 11.9 Å². The first-order valence-electron chi connectivity index (χ1n) is 6.91. The van der Waals surface area contributed by atoms with Crippen molar-refractivity contribution in [3.05, 3.63) is 35.4 Å². The van der Waals surface area contributed by atoms with Crippen molar-refractivity contribution < 1.29 is 19.5 Å². The Kier molecular flexibility index (Phi) is 4.57. The van der Waals surface area contributed by atoms with Crippen LogP contribution in [0, 0.1) is 5.92 Å². The van der Waals surface area contributed by atoms with Gasteiger partial charge in [-0.05, 0) is 49.9 Å². The third-order valence-electron chi connectivity index (χ3n) is 3.84. The normalized spacial score (nSPS) is 21.5. The highest BCUT2D eigenvalue weighted by atomic mass is 16.4. The second-order valence-corrected chi connectivity index (χ2v) is 5.30. The summed E-state index contributed by atoms with van der Waals surface area (Å²) in [6, 6.07) is 6.14. The predicted molar refractivity (Wildman–Crippen MR) is 75.8 cm³/mol. The third-order valence-corrected chi connectivity index (χ3v) is 3.84. The Morgan fingerprint density at radius 3 is 2.00 bits per heavy atom. The fourth-order valence-electron chi connectivity index (χ4n) is 2.54. The number of carboxylic acid groups (broad SMARTS) is 1. The van der Waals surface area contributed by atoms with Gasteiger partial charge in [-0.25, -0.2) is 0 Å². The molecule has 2 rings (SSSR count). The summed E-state index contributed by atoms with van der Waals surface area (Å²) in [7, 11) is 0. The van der Waals surface area contributed by atoms with Crippen molar-refractivity contribution in [2.45, 2.75) is 31.7 Å². The van der Waals surface area contributed by atoms with Gasteiger partial charge in [-0.3, -0.25) is 14.4 Å². The van der Waals surface area contributed by atoms with Crippen molar-refractivity contribution in [2.75, 3.05) is 0 Å². The molecule has 4 N–H and O–H groups in total. The van der Waals surface area contributed by atoms with Crippen molar-refractivity contribution in [3.63, 3.8) is 0 Å². The van der Waals surface area contributed by atoms with E-state index in [0.29, 0.717) is 36.8 Å². The van der Waals surface area contributed by atoms with Gasteiger partial charge in [0.25, 0.3) is 5.91 Å². The number of carbonyl (C=O) groups is 3. The maximum absolute atomic E-state index is 12.1. The van der Waals surface area contributed by atoms with Crippen LogP contribution in [0.4, 0.5) is 0 Å². The van der Waals surface area contributed by atoms with E-state index in [1.165, 1.54) is 12.1 Å². The highest BCUT2D eigenvalue weighted by Crippen LogP contribution is 2.24. The van der Waals surface area contributed by atoms with Crippen molar-refractivity contribution in [2.24, 2.45) is 11.7 Å². The van der Waals surface area contributed by atoms with Crippen LogP contribution < -0.4 is 11.1 Å². The zero-order valence-corrected chi connectivity index (χ0v) is 11.5. The molecule has 0 aliphatic heterocycles. The van der Waals surface area contributed by atoms with Gasteiger partial charge >= 0.3 is 5.97 Å². The SMILES string of the molecule is NC(=O)c1ccc(C(=O)NC2CCC(C(=O)O)CC2)cc1. The van der Waals surface area contributed by atoms with E-state index >= 15 is 0 Å². The first kappa shape index (κ1) is 15.0. The standard InChI is InChI=1S/C15H18N2O4/c16-13(18)9-1-3-10(4-2-9)14(19)17-12-7-5-11(6-8-12)15(20)21/h1-4,11-12H,5-8H2,(H2,16,18)(H,17,19)(H,20,21). The molecule has 6 heteroatoms. The number of carboxylic acids is 1. The maximum atomic E-state index is 12.1. The lowest BCUT2D eigenvalue weighted by atomic mass is 9.86. The Bertz CT molecular complexity index is 545. The molecule has 0 aromatic heterocycles. The van der Waals surface area contributed by atoms with Gasteiger partial charge in [-0.15, -0.1) is 0 Å². The molecule has 0 saturated heterocycles. The van der Waals surface area contributed by atoms with E-state index in [4.69, 9.17) is 10.8 Å². The second-order valence-electron chi connectivity index (χ2n) is 5.30. The van der Waals surface area contributed by atoms with E-state index in [0.717, 1.165) is 0 Å². The molecule has 0 radical (unpaired) electrons. The van der Waals surface area contributed by atoms with Crippen molar-refractivity contribution >= 4 is 17.8 Å². The number of hydrogen-bond donors (Lipinski definition) is 3. The summed E-state index contributed by atoms with van der Waals surface area (Å²) in [5.74, 6) is -1.81. The van der Waals surface area contributed by atoms with Crippen LogP contribution in [0.15, 0.2) is 24.3 Å². The van der Waals surface area contributed by atoms with Gasteiger partial charge in [0.1, 0.15) is 0 Å². The van der Waals surface area contributed by atoms with E-state index in [1.54, 1.807) is 12.1 Å². The quantitative estimate of drug-likeness (QED) is 0.772. The molecule has 1 aliphatic carbocycles. The summed E-state index contributed by atoms with van der Waals surface area (Å²) in [6.45, 7) is 0. The molecular formula is C15H18N2O4. The van der Waals surface area contributed by atoms with Gasteiger partial charge in [0.2, 0.25) is 5.91 Å². The zero-order valence-electron chi connectivity index (χ0n) is 11.5. The Hall–Kier alpha value is -2.37. The Morgan fingerprint density at radius 2 is 1.52 bits per heavy atom. The number of nitrogens with one attached hydrogen (secondary N) is 1. The topological polar surface area (TPSA) is 109 Å². The van der Waals surface area contributed by atoms with Gasteiger partial charge in [-0.2, -0.15) is 0 Å². The number of nitrogens with two attached hydrogens (primary N) is 1. The molecule has 112 valence electrons. The average Bonchev–Trinajstić information content (AvgIpc) is 2.47. The second kappa shape index (κ2) is 6.39. The summed E-state index contributed by atoms with van der Waals surface area (Å²) < 4.78 is 0. The molecule has 21 heavy (non-hydrogen) atoms. The van der Waals surface area contributed by atoms with Crippen LogP contribution in [0.5, 0.6) is 0 Å². The highest BCUT2D eigenvalue weighted by molar-refractivity contribution is 5.97. The number of carbonyl (C=O) groups excluding carboxylic acids is 2. The molecule has 0 heterocycles. The number of amides is 2. The van der Waals surface area contributed by atoms with Crippen LogP contribution in [0.3, 0.4) is 0 Å². The zero-order chi connectivity index (χ0) is 15.4. The van der Waals surface area contributed by atoms with E-state index in [2.05, 4.69) is 5.32 Å². The maximum Gasteiger partial charge on any atom is 0.306 e. The Balaban J connectivity index is 1.90. The fraction of sp³-hybridized carbons (Fsp3) is 0.400. The molecule has 1 aromatic carbocycles. The van der Waals surface area contributed by atoms with Gasteiger partial charge in [0, 0.05) is 17.2 Å². The van der Waals surface area contributed by atoms with Crippen LogP contribution in [0.1, 0.15) is 46.4 Å². The van der Waals surface area contributed by atoms with E-state index in [9.17, 15) is 14.4 Å².